The average molecular weight is 254 g/mol. The van der Waals surface area contributed by atoms with E-state index in [9.17, 15) is 9.18 Å². The minimum Gasteiger partial charge on any atom is -0.484 e. The largest absolute Gasteiger partial charge is 0.484 e. The predicted molar refractivity (Wildman–Crippen MR) is 73.3 cm³/mol. The van der Waals surface area contributed by atoms with Crippen molar-refractivity contribution in [2.75, 3.05) is 0 Å². The van der Waals surface area contributed by atoms with Gasteiger partial charge in [0.25, 0.3) is 0 Å². The molecule has 1 unspecified atom stereocenters. The van der Waals surface area contributed by atoms with E-state index >= 15 is 0 Å². The molecule has 0 bridgehead atoms. The van der Waals surface area contributed by atoms with Crippen molar-refractivity contribution in [3.05, 3.63) is 59.4 Å². The number of Topliss-reactive ketones (excluding diaryl/α,β-unsaturated/α-hetero) is 1. The topological polar surface area (TPSA) is 26.3 Å². The van der Waals surface area contributed by atoms with Crippen LogP contribution in [0, 0.1) is 5.82 Å². The van der Waals surface area contributed by atoms with Gasteiger partial charge in [-0.05, 0) is 5.56 Å². The van der Waals surface area contributed by atoms with Crippen LogP contribution in [-0.2, 0) is 0 Å². The molecule has 19 heavy (non-hydrogen) atoms. The van der Waals surface area contributed by atoms with Gasteiger partial charge in [-0.1, -0.05) is 41.9 Å². The fraction of sp³-hybridized carbons (Fsp3) is 0.133. The van der Waals surface area contributed by atoms with E-state index < -0.39 is 0 Å². The Hall–Kier alpha value is -2.10. The molecule has 2 nitrogen and oxygen atoms in total. The fourth-order valence-corrected chi connectivity index (χ4v) is 2.31. The van der Waals surface area contributed by atoms with Gasteiger partial charge >= 0.3 is 0 Å². The summed E-state index contributed by atoms with van der Waals surface area (Å²) >= 11 is 0. The molecular weight excluding hydrogens is 242 g/mol. The average Bonchev–Trinajstić information content (AvgIpc) is 2.42. The van der Waals surface area contributed by atoms with Crippen molar-refractivity contribution in [2.24, 2.45) is 0 Å². The zero-order valence-corrected chi connectivity index (χ0v) is 10.5. The monoisotopic (exact) mass is 254 g/mol. The summed E-state index contributed by atoms with van der Waals surface area (Å²) in [5.41, 5.74) is 1.88. The minimum atomic E-state index is -0.347. The van der Waals surface area contributed by atoms with E-state index in [1.807, 2.05) is 30.3 Å². The molecule has 94 valence electrons. The van der Waals surface area contributed by atoms with Crippen LogP contribution in [0.2, 0.25) is 0 Å². The molecule has 3 rings (SSSR count). The molecule has 1 aliphatic heterocycles. The van der Waals surface area contributed by atoms with Crippen molar-refractivity contribution in [1.29, 1.82) is 0 Å². The Morgan fingerprint density at radius 1 is 1.21 bits per heavy atom. The summed E-state index contributed by atoms with van der Waals surface area (Å²) in [7, 11) is 1.65. The van der Waals surface area contributed by atoms with E-state index in [1.54, 1.807) is 13.9 Å². The number of carbonyl (C=O) groups is 1. The second kappa shape index (κ2) is 4.54. The van der Waals surface area contributed by atoms with Crippen molar-refractivity contribution in [3.8, 4) is 5.75 Å². The highest BCUT2D eigenvalue weighted by Crippen LogP contribution is 2.34. The van der Waals surface area contributed by atoms with Gasteiger partial charge in [0, 0.05) is 6.07 Å². The van der Waals surface area contributed by atoms with Gasteiger partial charge in [-0.3, -0.25) is 4.79 Å². The third-order valence-corrected chi connectivity index (χ3v) is 3.37. The molecule has 2 aromatic carbocycles. The molecule has 0 saturated heterocycles. The van der Waals surface area contributed by atoms with Crippen LogP contribution in [0.25, 0.3) is 0 Å². The van der Waals surface area contributed by atoms with Crippen LogP contribution >= 0.6 is 0 Å². The van der Waals surface area contributed by atoms with Crippen molar-refractivity contribution < 1.29 is 13.9 Å². The smallest absolute Gasteiger partial charge is 0.170 e. The number of halogens is 1. The molecule has 4 heteroatoms. The number of rotatable bonds is 1. The molecule has 1 aliphatic rings. The van der Waals surface area contributed by atoms with Gasteiger partial charge in [-0.15, -0.1) is 0 Å². The van der Waals surface area contributed by atoms with E-state index in [-0.39, 0.29) is 17.7 Å². The number of carbonyl (C=O) groups excluding carboxylic acids is 1. The molecule has 0 aromatic heterocycles. The maximum atomic E-state index is 13.6. The van der Waals surface area contributed by atoms with Crippen LogP contribution in [0.3, 0.4) is 0 Å². The van der Waals surface area contributed by atoms with Crippen LogP contribution < -0.4 is 10.2 Å². The second-order valence-electron chi connectivity index (χ2n) is 4.74. The Balaban J connectivity index is 2.00. The highest BCUT2D eigenvalue weighted by Gasteiger charge is 2.28. The number of ketones is 1. The molecule has 0 aliphatic carbocycles. The van der Waals surface area contributed by atoms with E-state index in [1.165, 1.54) is 6.07 Å². The predicted octanol–water partition coefficient (Wildman–Crippen LogP) is 1.79. The molecule has 1 atom stereocenters. The highest BCUT2D eigenvalue weighted by atomic mass is 19.1. The first-order chi connectivity index (χ1) is 9.15. The summed E-state index contributed by atoms with van der Waals surface area (Å²) < 4.78 is 19.3. The van der Waals surface area contributed by atoms with E-state index in [0.29, 0.717) is 23.2 Å². The summed E-state index contributed by atoms with van der Waals surface area (Å²) in [4.78, 5) is 12.1. The third kappa shape index (κ3) is 2.14. The lowest BCUT2D eigenvalue weighted by molar-refractivity contribution is 0.0849. The van der Waals surface area contributed by atoms with Crippen LogP contribution in [0.1, 0.15) is 28.4 Å². The molecule has 0 amide bonds. The summed E-state index contributed by atoms with van der Waals surface area (Å²) in [6, 6.07) is 12.4. The molecule has 0 spiro atoms. The first-order valence-electron chi connectivity index (χ1n) is 6.20. The normalized spacial score (nSPS) is 17.7. The lowest BCUT2D eigenvalue weighted by Crippen LogP contribution is -2.23. The van der Waals surface area contributed by atoms with Crippen molar-refractivity contribution in [3.63, 3.8) is 0 Å². The Morgan fingerprint density at radius 3 is 2.68 bits per heavy atom. The van der Waals surface area contributed by atoms with Gasteiger partial charge in [0.05, 0.1) is 12.0 Å². The third-order valence-electron chi connectivity index (χ3n) is 3.37. The molecule has 2 aromatic rings. The van der Waals surface area contributed by atoms with Crippen LogP contribution in [0.5, 0.6) is 5.75 Å². The number of hydrogen-bond donors (Lipinski definition) is 0. The first-order valence-corrected chi connectivity index (χ1v) is 6.20. The molecule has 0 fully saturated rings. The zero-order valence-electron chi connectivity index (χ0n) is 10.5. The molecular formula is C15H12BFO2. The molecule has 0 saturated carbocycles. The van der Waals surface area contributed by atoms with Crippen molar-refractivity contribution in [2.45, 2.75) is 12.5 Å². The fourth-order valence-electron chi connectivity index (χ4n) is 2.31. The highest BCUT2D eigenvalue weighted by molar-refractivity contribution is 6.33. The van der Waals surface area contributed by atoms with Crippen molar-refractivity contribution >= 4 is 19.1 Å². The van der Waals surface area contributed by atoms with Crippen LogP contribution in [0.15, 0.2) is 42.5 Å². The Bertz CT molecular complexity index is 640. The lowest BCUT2D eigenvalue weighted by Gasteiger charge is -2.26. The summed E-state index contributed by atoms with van der Waals surface area (Å²) in [5, 5.41) is 0. The number of hydrogen-bond acceptors (Lipinski definition) is 2. The summed E-state index contributed by atoms with van der Waals surface area (Å²) in [6.45, 7) is 0. The number of ether oxygens (including phenoxy) is 1. The van der Waals surface area contributed by atoms with Gasteiger partial charge in [0.15, 0.2) is 5.78 Å². The second-order valence-corrected chi connectivity index (χ2v) is 4.74. The Labute approximate surface area is 111 Å². The molecule has 1 heterocycles. The maximum Gasteiger partial charge on any atom is 0.170 e. The molecule has 0 N–H and O–H groups in total. The van der Waals surface area contributed by atoms with Gasteiger partial charge in [-0.2, -0.15) is 0 Å². The summed E-state index contributed by atoms with van der Waals surface area (Å²) in [6.07, 6.45) is -0.0365. The van der Waals surface area contributed by atoms with Gasteiger partial charge in [0.1, 0.15) is 25.5 Å². The lowest BCUT2D eigenvalue weighted by atomic mass is 9.89. The van der Waals surface area contributed by atoms with Crippen LogP contribution in [0.4, 0.5) is 4.39 Å². The number of fused-ring (bicyclic) bond motifs is 1. The van der Waals surface area contributed by atoms with Gasteiger partial charge < -0.3 is 4.74 Å². The minimum absolute atomic E-state index is 0.00166. The first kappa shape index (κ1) is 12.0. The van der Waals surface area contributed by atoms with Crippen LogP contribution in [-0.4, -0.2) is 13.6 Å². The van der Waals surface area contributed by atoms with Gasteiger partial charge in [-0.25, -0.2) is 4.39 Å². The van der Waals surface area contributed by atoms with E-state index in [0.717, 1.165) is 5.56 Å². The Kier molecular flexibility index (Phi) is 2.86. The van der Waals surface area contributed by atoms with Gasteiger partial charge in [0.2, 0.25) is 0 Å². The standard InChI is InChI=1S/C15H12BFO2/c16-11-6-10-13(18)8-14(9-4-2-1-3-5-9)19-15(10)7-12(11)17/h1-7,14H,8,16H2. The SMILES string of the molecule is Bc1cc2c(cc1F)OC(c1ccccc1)CC2=O. The quantitative estimate of drug-likeness (QED) is 0.725. The maximum absolute atomic E-state index is 13.6. The number of benzene rings is 2. The van der Waals surface area contributed by atoms with Crippen molar-refractivity contribution in [1.82, 2.24) is 0 Å². The molecule has 0 radical (unpaired) electrons. The zero-order chi connectivity index (χ0) is 13.4. The van der Waals surface area contributed by atoms with E-state index in [4.69, 9.17) is 4.74 Å². The summed E-state index contributed by atoms with van der Waals surface area (Å²) in [5.74, 6) is -0.00771. The Morgan fingerprint density at radius 2 is 1.95 bits per heavy atom. The van der Waals surface area contributed by atoms with E-state index in [2.05, 4.69) is 0 Å².